The van der Waals surface area contributed by atoms with E-state index in [-0.39, 0.29) is 0 Å². The molecule has 0 spiro atoms. The van der Waals surface area contributed by atoms with Gasteiger partial charge in [0.1, 0.15) is 0 Å². The fraction of sp³-hybridized carbons (Fsp3) is 0.833. The summed E-state index contributed by atoms with van der Waals surface area (Å²) in [6, 6.07) is 0.800. The molecule has 2 fully saturated rings. The van der Waals surface area contributed by atoms with Gasteiger partial charge in [-0.15, -0.1) is 0 Å². The molecule has 2 rings (SSSR count). The van der Waals surface area contributed by atoms with Gasteiger partial charge in [0.2, 0.25) is 0 Å². The van der Waals surface area contributed by atoms with E-state index in [2.05, 4.69) is 28.7 Å². The standard InChI is InChI=1S/C12H23N3/c1-11(9-13-12-3-4-12)10-15-7-5-14(2)6-8-15/h12-13H,1,3-10H2,2H3. The van der Waals surface area contributed by atoms with Crippen molar-refractivity contribution in [2.75, 3.05) is 46.3 Å². The van der Waals surface area contributed by atoms with Crippen molar-refractivity contribution in [3.8, 4) is 0 Å². The van der Waals surface area contributed by atoms with Crippen LogP contribution in [-0.2, 0) is 0 Å². The topological polar surface area (TPSA) is 18.5 Å². The molecule has 86 valence electrons. The summed E-state index contributed by atoms with van der Waals surface area (Å²) in [5, 5.41) is 3.52. The van der Waals surface area contributed by atoms with Gasteiger partial charge < -0.3 is 10.2 Å². The van der Waals surface area contributed by atoms with Gasteiger partial charge in [0, 0.05) is 45.3 Å². The lowest BCUT2D eigenvalue weighted by molar-refractivity contribution is 0.163. The van der Waals surface area contributed by atoms with E-state index in [1.165, 1.54) is 44.6 Å². The monoisotopic (exact) mass is 209 g/mol. The Bertz CT molecular complexity index is 215. The molecule has 0 atom stereocenters. The summed E-state index contributed by atoms with van der Waals surface area (Å²) in [4.78, 5) is 4.90. The zero-order valence-corrected chi connectivity index (χ0v) is 9.84. The van der Waals surface area contributed by atoms with E-state index in [1.54, 1.807) is 0 Å². The highest BCUT2D eigenvalue weighted by Gasteiger charge is 2.20. The molecular weight excluding hydrogens is 186 g/mol. The van der Waals surface area contributed by atoms with Gasteiger partial charge in [0.25, 0.3) is 0 Å². The first-order valence-electron chi connectivity index (χ1n) is 6.05. The number of hydrogen-bond acceptors (Lipinski definition) is 3. The zero-order chi connectivity index (χ0) is 10.7. The zero-order valence-electron chi connectivity index (χ0n) is 9.84. The van der Waals surface area contributed by atoms with Crippen LogP contribution in [0.25, 0.3) is 0 Å². The van der Waals surface area contributed by atoms with Crippen LogP contribution in [-0.4, -0.2) is 62.2 Å². The largest absolute Gasteiger partial charge is 0.310 e. The van der Waals surface area contributed by atoms with E-state index in [1.807, 2.05) is 0 Å². The molecule has 1 saturated heterocycles. The molecular formula is C12H23N3. The smallest absolute Gasteiger partial charge is 0.0203 e. The SMILES string of the molecule is C=C(CNC1CC1)CN1CCN(C)CC1. The van der Waals surface area contributed by atoms with E-state index >= 15 is 0 Å². The van der Waals surface area contributed by atoms with E-state index in [0.29, 0.717) is 0 Å². The van der Waals surface area contributed by atoms with Crippen molar-refractivity contribution in [2.24, 2.45) is 0 Å². The van der Waals surface area contributed by atoms with Gasteiger partial charge in [-0.25, -0.2) is 0 Å². The summed E-state index contributed by atoms with van der Waals surface area (Å²) in [5.74, 6) is 0. The maximum atomic E-state index is 4.15. The summed E-state index contributed by atoms with van der Waals surface area (Å²) >= 11 is 0. The summed E-state index contributed by atoms with van der Waals surface area (Å²) in [5.41, 5.74) is 1.34. The number of piperazine rings is 1. The average molecular weight is 209 g/mol. The molecule has 0 unspecified atom stereocenters. The van der Waals surface area contributed by atoms with Crippen LogP contribution >= 0.6 is 0 Å². The van der Waals surface area contributed by atoms with Crippen LogP contribution in [0.5, 0.6) is 0 Å². The first-order valence-corrected chi connectivity index (χ1v) is 6.05. The summed E-state index contributed by atoms with van der Waals surface area (Å²) < 4.78 is 0. The Morgan fingerprint density at radius 1 is 1.27 bits per heavy atom. The van der Waals surface area contributed by atoms with Crippen LogP contribution in [0, 0.1) is 0 Å². The van der Waals surface area contributed by atoms with Crippen LogP contribution in [0.15, 0.2) is 12.2 Å². The third-order valence-corrected chi connectivity index (χ3v) is 3.26. The van der Waals surface area contributed by atoms with Crippen LogP contribution in [0.1, 0.15) is 12.8 Å². The minimum absolute atomic E-state index is 0.800. The van der Waals surface area contributed by atoms with Crippen LogP contribution in [0.4, 0.5) is 0 Å². The van der Waals surface area contributed by atoms with Crippen LogP contribution in [0.2, 0.25) is 0 Å². The van der Waals surface area contributed by atoms with Gasteiger partial charge in [0.15, 0.2) is 0 Å². The Morgan fingerprint density at radius 2 is 1.93 bits per heavy atom. The lowest BCUT2D eigenvalue weighted by Gasteiger charge is -2.32. The minimum Gasteiger partial charge on any atom is -0.310 e. The predicted octanol–water partition coefficient (Wildman–Crippen LogP) is 0.542. The van der Waals surface area contributed by atoms with Crippen molar-refractivity contribution in [3.05, 3.63) is 12.2 Å². The number of nitrogens with one attached hydrogen (secondary N) is 1. The molecule has 0 aromatic carbocycles. The second-order valence-electron chi connectivity index (χ2n) is 4.98. The Morgan fingerprint density at radius 3 is 2.53 bits per heavy atom. The lowest BCUT2D eigenvalue weighted by atomic mass is 10.2. The predicted molar refractivity (Wildman–Crippen MR) is 64.1 cm³/mol. The van der Waals surface area contributed by atoms with Gasteiger partial charge in [-0.1, -0.05) is 6.58 Å². The molecule has 1 heterocycles. The van der Waals surface area contributed by atoms with Gasteiger partial charge in [-0.2, -0.15) is 0 Å². The summed E-state index contributed by atoms with van der Waals surface area (Å²) in [6.07, 6.45) is 2.73. The number of rotatable bonds is 5. The molecule has 0 amide bonds. The normalized spacial score (nSPS) is 24.3. The molecule has 3 nitrogen and oxygen atoms in total. The maximum absolute atomic E-state index is 4.15. The number of nitrogens with zero attached hydrogens (tertiary/aromatic N) is 2. The van der Waals surface area contributed by atoms with Crippen molar-refractivity contribution in [1.82, 2.24) is 15.1 Å². The molecule has 0 aromatic rings. The fourth-order valence-electron chi connectivity index (χ4n) is 1.95. The quantitative estimate of drug-likeness (QED) is 0.667. The highest BCUT2D eigenvalue weighted by atomic mass is 15.2. The van der Waals surface area contributed by atoms with Gasteiger partial charge in [-0.05, 0) is 25.5 Å². The fourth-order valence-corrected chi connectivity index (χ4v) is 1.95. The van der Waals surface area contributed by atoms with Gasteiger partial charge in [0.05, 0.1) is 0 Å². The van der Waals surface area contributed by atoms with E-state index in [0.717, 1.165) is 19.1 Å². The molecule has 1 aliphatic heterocycles. The minimum atomic E-state index is 0.800. The van der Waals surface area contributed by atoms with Gasteiger partial charge >= 0.3 is 0 Å². The van der Waals surface area contributed by atoms with Crippen molar-refractivity contribution in [2.45, 2.75) is 18.9 Å². The molecule has 0 radical (unpaired) electrons. The average Bonchev–Trinajstić information content (AvgIpc) is 3.02. The highest BCUT2D eigenvalue weighted by Crippen LogP contribution is 2.18. The van der Waals surface area contributed by atoms with Crippen molar-refractivity contribution < 1.29 is 0 Å². The second-order valence-corrected chi connectivity index (χ2v) is 4.98. The van der Waals surface area contributed by atoms with E-state index in [4.69, 9.17) is 0 Å². The molecule has 3 heteroatoms. The van der Waals surface area contributed by atoms with Crippen LogP contribution < -0.4 is 5.32 Å². The van der Waals surface area contributed by atoms with Crippen molar-refractivity contribution >= 4 is 0 Å². The van der Waals surface area contributed by atoms with E-state index < -0.39 is 0 Å². The first kappa shape index (κ1) is 11.1. The summed E-state index contributed by atoms with van der Waals surface area (Å²) in [7, 11) is 2.20. The third-order valence-electron chi connectivity index (χ3n) is 3.26. The number of hydrogen-bond donors (Lipinski definition) is 1. The Hall–Kier alpha value is -0.380. The maximum Gasteiger partial charge on any atom is 0.0203 e. The molecule has 1 N–H and O–H groups in total. The Labute approximate surface area is 93.1 Å². The molecule has 1 aliphatic carbocycles. The molecule has 15 heavy (non-hydrogen) atoms. The molecule has 0 bridgehead atoms. The lowest BCUT2D eigenvalue weighted by Crippen LogP contribution is -2.45. The first-order chi connectivity index (χ1) is 7.24. The third kappa shape index (κ3) is 3.93. The van der Waals surface area contributed by atoms with E-state index in [9.17, 15) is 0 Å². The molecule has 1 saturated carbocycles. The molecule has 0 aromatic heterocycles. The highest BCUT2D eigenvalue weighted by molar-refractivity contribution is 5.02. The molecule has 2 aliphatic rings. The van der Waals surface area contributed by atoms with Crippen LogP contribution in [0.3, 0.4) is 0 Å². The Balaban J connectivity index is 1.60. The Kier molecular flexibility index (Phi) is 3.78. The second kappa shape index (κ2) is 5.10. The van der Waals surface area contributed by atoms with Gasteiger partial charge in [-0.3, -0.25) is 4.90 Å². The summed E-state index contributed by atoms with van der Waals surface area (Å²) in [6.45, 7) is 11.0. The number of likely N-dealkylation sites (N-methyl/N-ethyl adjacent to an activating group) is 1. The van der Waals surface area contributed by atoms with Crippen molar-refractivity contribution in [3.63, 3.8) is 0 Å². The van der Waals surface area contributed by atoms with Crippen molar-refractivity contribution in [1.29, 1.82) is 0 Å².